The zero-order chi connectivity index (χ0) is 14.0. The first-order chi connectivity index (χ1) is 8.99. The predicted octanol–water partition coefficient (Wildman–Crippen LogP) is 4.09. The summed E-state index contributed by atoms with van der Waals surface area (Å²) in [6.45, 7) is 3.38. The summed E-state index contributed by atoms with van der Waals surface area (Å²) >= 11 is 0. The van der Waals surface area contributed by atoms with Crippen molar-refractivity contribution in [3.8, 4) is 11.5 Å². The van der Waals surface area contributed by atoms with Crippen molar-refractivity contribution in [1.29, 1.82) is 0 Å². The van der Waals surface area contributed by atoms with Crippen LogP contribution in [-0.4, -0.2) is 0 Å². The Morgan fingerprint density at radius 1 is 1.11 bits per heavy atom. The van der Waals surface area contributed by atoms with E-state index in [-0.39, 0.29) is 17.5 Å². The lowest BCUT2D eigenvalue weighted by Gasteiger charge is -2.14. The fourth-order valence-electron chi connectivity index (χ4n) is 1.75. The quantitative estimate of drug-likeness (QED) is 0.905. The monoisotopic (exact) mass is 263 g/mol. The van der Waals surface area contributed by atoms with E-state index in [4.69, 9.17) is 10.5 Å². The van der Waals surface area contributed by atoms with E-state index in [2.05, 4.69) is 0 Å². The van der Waals surface area contributed by atoms with E-state index >= 15 is 0 Å². The Morgan fingerprint density at radius 2 is 1.84 bits per heavy atom. The Hall–Kier alpha value is -1.94. The normalized spacial score (nSPS) is 12.3. The molecule has 1 atom stereocenters. The number of aryl methyl sites for hydroxylation is 1. The van der Waals surface area contributed by atoms with Crippen molar-refractivity contribution >= 4 is 0 Å². The van der Waals surface area contributed by atoms with Crippen LogP contribution >= 0.6 is 0 Å². The molecule has 0 aliphatic rings. The highest BCUT2D eigenvalue weighted by molar-refractivity contribution is 5.41. The second-order valence-corrected chi connectivity index (χ2v) is 4.46. The molecule has 2 nitrogen and oxygen atoms in total. The highest BCUT2D eigenvalue weighted by atomic mass is 19.1. The largest absolute Gasteiger partial charge is 0.454 e. The summed E-state index contributed by atoms with van der Waals surface area (Å²) < 4.78 is 32.7. The van der Waals surface area contributed by atoms with E-state index in [0.717, 1.165) is 0 Å². The van der Waals surface area contributed by atoms with Crippen molar-refractivity contribution < 1.29 is 13.5 Å². The van der Waals surface area contributed by atoms with Gasteiger partial charge in [0, 0.05) is 17.7 Å². The minimum atomic E-state index is -0.518. The van der Waals surface area contributed by atoms with E-state index < -0.39 is 11.6 Å². The number of halogens is 2. The van der Waals surface area contributed by atoms with Crippen molar-refractivity contribution in [2.75, 3.05) is 0 Å². The summed E-state index contributed by atoms with van der Waals surface area (Å²) in [4.78, 5) is 0. The minimum absolute atomic E-state index is 0.0424. The minimum Gasteiger partial charge on any atom is -0.454 e. The molecule has 4 heteroatoms. The molecule has 19 heavy (non-hydrogen) atoms. The summed E-state index contributed by atoms with van der Waals surface area (Å²) in [5.74, 6) is -0.622. The standard InChI is InChI=1S/C15H15F2NO/c1-9-6-7-11(8-14(9)17)19-15-12(10(2)18)4-3-5-13(15)16/h3-8,10H,18H2,1-2H3/t10-/m1/s1. The van der Waals surface area contributed by atoms with Crippen molar-refractivity contribution in [2.24, 2.45) is 5.73 Å². The fourth-order valence-corrected chi connectivity index (χ4v) is 1.75. The molecule has 2 aromatic carbocycles. The van der Waals surface area contributed by atoms with E-state index in [0.29, 0.717) is 11.1 Å². The van der Waals surface area contributed by atoms with E-state index in [9.17, 15) is 8.78 Å². The van der Waals surface area contributed by atoms with Gasteiger partial charge in [0.25, 0.3) is 0 Å². The van der Waals surface area contributed by atoms with Gasteiger partial charge in [-0.05, 0) is 31.5 Å². The zero-order valence-corrected chi connectivity index (χ0v) is 10.8. The molecule has 0 radical (unpaired) electrons. The van der Waals surface area contributed by atoms with Gasteiger partial charge in [-0.1, -0.05) is 18.2 Å². The molecule has 100 valence electrons. The number of rotatable bonds is 3. The Bertz CT molecular complexity index is 597. The molecule has 0 saturated heterocycles. The molecular formula is C15H15F2NO. The molecule has 0 saturated carbocycles. The van der Waals surface area contributed by atoms with Gasteiger partial charge in [0.15, 0.2) is 11.6 Å². The third kappa shape index (κ3) is 2.90. The molecule has 2 aromatic rings. The molecule has 0 fully saturated rings. The summed E-state index contributed by atoms with van der Waals surface area (Å²) in [6, 6.07) is 8.57. The molecule has 0 bridgehead atoms. The fraction of sp³-hybridized carbons (Fsp3) is 0.200. The van der Waals surface area contributed by atoms with Crippen LogP contribution in [0.5, 0.6) is 11.5 Å². The average Bonchev–Trinajstić information content (AvgIpc) is 2.36. The Labute approximate surface area is 110 Å². The maximum atomic E-state index is 13.8. The van der Waals surface area contributed by atoms with Crippen LogP contribution in [-0.2, 0) is 0 Å². The third-order valence-electron chi connectivity index (χ3n) is 2.85. The van der Waals surface area contributed by atoms with Gasteiger partial charge < -0.3 is 10.5 Å². The number of hydrogen-bond donors (Lipinski definition) is 1. The Kier molecular flexibility index (Phi) is 3.81. The predicted molar refractivity (Wildman–Crippen MR) is 70.2 cm³/mol. The van der Waals surface area contributed by atoms with Gasteiger partial charge in [-0.2, -0.15) is 0 Å². The van der Waals surface area contributed by atoms with Crippen LogP contribution in [0.25, 0.3) is 0 Å². The maximum absolute atomic E-state index is 13.8. The number of benzene rings is 2. The number of hydrogen-bond acceptors (Lipinski definition) is 2. The van der Waals surface area contributed by atoms with Gasteiger partial charge >= 0.3 is 0 Å². The van der Waals surface area contributed by atoms with Gasteiger partial charge in [0.2, 0.25) is 0 Å². The average molecular weight is 263 g/mol. The van der Waals surface area contributed by atoms with Gasteiger partial charge in [-0.3, -0.25) is 0 Å². The van der Waals surface area contributed by atoms with Crippen molar-refractivity contribution in [2.45, 2.75) is 19.9 Å². The molecule has 0 aromatic heterocycles. The first kappa shape index (κ1) is 13.5. The van der Waals surface area contributed by atoms with E-state index in [1.807, 2.05) is 0 Å². The van der Waals surface area contributed by atoms with Crippen LogP contribution in [0.2, 0.25) is 0 Å². The summed E-state index contributed by atoms with van der Waals surface area (Å²) in [7, 11) is 0. The molecule has 0 unspecified atom stereocenters. The first-order valence-corrected chi connectivity index (χ1v) is 5.97. The summed E-state index contributed by atoms with van der Waals surface area (Å²) in [6.07, 6.45) is 0. The third-order valence-corrected chi connectivity index (χ3v) is 2.85. The van der Waals surface area contributed by atoms with E-state index in [1.54, 1.807) is 38.1 Å². The first-order valence-electron chi connectivity index (χ1n) is 5.97. The lowest BCUT2D eigenvalue weighted by Crippen LogP contribution is -2.07. The number of para-hydroxylation sites is 1. The van der Waals surface area contributed by atoms with Crippen LogP contribution in [0.1, 0.15) is 24.1 Å². The van der Waals surface area contributed by atoms with Crippen LogP contribution < -0.4 is 10.5 Å². The Morgan fingerprint density at radius 3 is 2.47 bits per heavy atom. The Balaban J connectivity index is 2.40. The summed E-state index contributed by atoms with van der Waals surface area (Å²) in [5, 5.41) is 0. The van der Waals surface area contributed by atoms with Crippen molar-refractivity contribution in [3.05, 3.63) is 59.2 Å². The van der Waals surface area contributed by atoms with Crippen LogP contribution in [0.15, 0.2) is 36.4 Å². The van der Waals surface area contributed by atoms with Gasteiger partial charge in [-0.25, -0.2) is 8.78 Å². The molecule has 0 heterocycles. The lowest BCUT2D eigenvalue weighted by molar-refractivity contribution is 0.429. The van der Waals surface area contributed by atoms with Crippen molar-refractivity contribution in [1.82, 2.24) is 0 Å². The molecule has 2 N–H and O–H groups in total. The molecular weight excluding hydrogens is 248 g/mol. The SMILES string of the molecule is Cc1ccc(Oc2c(F)cccc2[C@@H](C)N)cc1F. The molecule has 0 amide bonds. The van der Waals surface area contributed by atoms with Crippen LogP contribution in [0.3, 0.4) is 0 Å². The molecule has 0 aliphatic carbocycles. The zero-order valence-electron chi connectivity index (χ0n) is 10.8. The second kappa shape index (κ2) is 5.36. The molecule has 0 spiro atoms. The van der Waals surface area contributed by atoms with Gasteiger partial charge in [0.05, 0.1) is 0 Å². The topological polar surface area (TPSA) is 35.2 Å². The highest BCUT2D eigenvalue weighted by Gasteiger charge is 2.14. The van der Waals surface area contributed by atoms with Gasteiger partial charge in [-0.15, -0.1) is 0 Å². The summed E-state index contributed by atoms with van der Waals surface area (Å²) in [5.41, 5.74) is 6.82. The maximum Gasteiger partial charge on any atom is 0.167 e. The van der Waals surface area contributed by atoms with Crippen LogP contribution in [0, 0.1) is 18.6 Å². The van der Waals surface area contributed by atoms with Crippen LogP contribution in [0.4, 0.5) is 8.78 Å². The smallest absolute Gasteiger partial charge is 0.167 e. The highest BCUT2D eigenvalue weighted by Crippen LogP contribution is 2.32. The second-order valence-electron chi connectivity index (χ2n) is 4.46. The van der Waals surface area contributed by atoms with Crippen molar-refractivity contribution in [3.63, 3.8) is 0 Å². The molecule has 2 rings (SSSR count). The lowest BCUT2D eigenvalue weighted by atomic mass is 10.1. The number of nitrogens with two attached hydrogens (primary N) is 1. The molecule has 0 aliphatic heterocycles. The number of ether oxygens (including phenoxy) is 1. The van der Waals surface area contributed by atoms with Gasteiger partial charge in [0.1, 0.15) is 11.6 Å². The van der Waals surface area contributed by atoms with E-state index in [1.165, 1.54) is 12.1 Å².